The van der Waals surface area contributed by atoms with Gasteiger partial charge < -0.3 is 9.64 Å². The summed E-state index contributed by atoms with van der Waals surface area (Å²) in [6.07, 6.45) is 1.53. The molecule has 1 aromatic carbocycles. The summed E-state index contributed by atoms with van der Waals surface area (Å²) in [7, 11) is -3.57. The van der Waals surface area contributed by atoms with Crippen LogP contribution in [0.4, 0.5) is 11.5 Å². The Hall–Kier alpha value is -2.12. The molecule has 0 amide bonds. The van der Waals surface area contributed by atoms with Crippen molar-refractivity contribution in [2.24, 2.45) is 0 Å². The lowest BCUT2D eigenvalue weighted by Crippen LogP contribution is -2.36. The predicted octanol–water partition coefficient (Wildman–Crippen LogP) is 1.72. The first-order valence-electron chi connectivity index (χ1n) is 7.02. The van der Waals surface area contributed by atoms with E-state index in [0.29, 0.717) is 18.9 Å². The fourth-order valence-corrected chi connectivity index (χ4v) is 3.30. The molecular weight excluding hydrogens is 302 g/mol. The van der Waals surface area contributed by atoms with Crippen molar-refractivity contribution in [2.75, 3.05) is 35.9 Å². The van der Waals surface area contributed by atoms with Crippen molar-refractivity contribution < 1.29 is 13.2 Å². The fraction of sp³-hybridized carbons (Fsp3) is 0.267. The van der Waals surface area contributed by atoms with Crippen LogP contribution in [0.1, 0.15) is 0 Å². The molecule has 1 aromatic heterocycles. The molecule has 0 saturated carbocycles. The summed E-state index contributed by atoms with van der Waals surface area (Å²) >= 11 is 0. The van der Waals surface area contributed by atoms with Gasteiger partial charge in [-0.2, -0.15) is 0 Å². The van der Waals surface area contributed by atoms with Crippen molar-refractivity contribution >= 4 is 21.5 Å². The predicted molar refractivity (Wildman–Crippen MR) is 84.5 cm³/mol. The fourth-order valence-electron chi connectivity index (χ4n) is 2.24. The van der Waals surface area contributed by atoms with Crippen LogP contribution in [0.15, 0.2) is 53.6 Å². The van der Waals surface area contributed by atoms with E-state index in [2.05, 4.69) is 14.6 Å². The molecule has 0 aliphatic carbocycles. The molecule has 1 saturated heterocycles. The van der Waals surface area contributed by atoms with E-state index in [1.807, 2.05) is 6.07 Å². The minimum Gasteiger partial charge on any atom is -0.378 e. The van der Waals surface area contributed by atoms with E-state index in [0.717, 1.165) is 18.9 Å². The number of sulfonamides is 1. The SMILES string of the molecule is O=S(=O)(Nc1ccc(N2CCOCC2)nc1)c1ccccc1. The van der Waals surface area contributed by atoms with Crippen LogP contribution in [0.25, 0.3) is 0 Å². The Labute approximate surface area is 129 Å². The van der Waals surface area contributed by atoms with Gasteiger partial charge in [-0.3, -0.25) is 4.72 Å². The number of nitrogens with zero attached hydrogens (tertiary/aromatic N) is 2. The summed E-state index contributed by atoms with van der Waals surface area (Å²) in [6.45, 7) is 2.96. The molecule has 2 aromatic rings. The maximum Gasteiger partial charge on any atom is 0.261 e. The van der Waals surface area contributed by atoms with Gasteiger partial charge in [0.15, 0.2) is 0 Å². The molecule has 3 rings (SSSR count). The molecule has 6 nitrogen and oxygen atoms in total. The minimum atomic E-state index is -3.57. The lowest BCUT2D eigenvalue weighted by molar-refractivity contribution is 0.122. The zero-order valence-electron chi connectivity index (χ0n) is 12.0. The van der Waals surface area contributed by atoms with Gasteiger partial charge in [0.1, 0.15) is 5.82 Å². The molecule has 1 aliphatic heterocycles. The number of nitrogens with one attached hydrogen (secondary N) is 1. The number of benzene rings is 1. The summed E-state index contributed by atoms with van der Waals surface area (Å²) in [5, 5.41) is 0. The minimum absolute atomic E-state index is 0.229. The number of morpholine rings is 1. The summed E-state index contributed by atoms with van der Waals surface area (Å²) in [5.74, 6) is 0.825. The second-order valence-electron chi connectivity index (χ2n) is 4.92. The summed E-state index contributed by atoms with van der Waals surface area (Å²) in [4.78, 5) is 6.66. The van der Waals surface area contributed by atoms with Gasteiger partial charge in [-0.25, -0.2) is 13.4 Å². The monoisotopic (exact) mass is 319 g/mol. The lowest BCUT2D eigenvalue weighted by Gasteiger charge is -2.27. The van der Waals surface area contributed by atoms with Crippen molar-refractivity contribution in [3.05, 3.63) is 48.7 Å². The van der Waals surface area contributed by atoms with Crippen LogP contribution in [-0.4, -0.2) is 39.7 Å². The van der Waals surface area contributed by atoms with E-state index in [1.54, 1.807) is 36.4 Å². The summed E-state index contributed by atoms with van der Waals surface area (Å²) in [6, 6.07) is 11.8. The van der Waals surface area contributed by atoms with E-state index in [1.165, 1.54) is 6.20 Å². The van der Waals surface area contributed by atoms with E-state index < -0.39 is 10.0 Å². The third-order valence-corrected chi connectivity index (χ3v) is 4.79. The smallest absolute Gasteiger partial charge is 0.261 e. The summed E-state index contributed by atoms with van der Waals surface area (Å²) < 4.78 is 32.3. The van der Waals surface area contributed by atoms with Crippen molar-refractivity contribution in [1.82, 2.24) is 4.98 Å². The average molecular weight is 319 g/mol. The molecule has 1 aliphatic rings. The van der Waals surface area contributed by atoms with E-state index in [-0.39, 0.29) is 4.90 Å². The van der Waals surface area contributed by atoms with Crippen LogP contribution in [0, 0.1) is 0 Å². The maximum absolute atomic E-state index is 12.2. The van der Waals surface area contributed by atoms with Crippen LogP contribution < -0.4 is 9.62 Å². The molecule has 7 heteroatoms. The molecule has 0 atom stereocenters. The van der Waals surface area contributed by atoms with Crippen LogP contribution >= 0.6 is 0 Å². The zero-order valence-corrected chi connectivity index (χ0v) is 12.8. The van der Waals surface area contributed by atoms with Crippen molar-refractivity contribution in [3.63, 3.8) is 0 Å². The number of hydrogen-bond donors (Lipinski definition) is 1. The Morgan fingerprint density at radius 2 is 1.77 bits per heavy atom. The van der Waals surface area contributed by atoms with Gasteiger partial charge in [0, 0.05) is 13.1 Å². The van der Waals surface area contributed by atoms with E-state index in [4.69, 9.17) is 4.74 Å². The zero-order chi connectivity index (χ0) is 15.4. The molecule has 22 heavy (non-hydrogen) atoms. The molecule has 1 N–H and O–H groups in total. The van der Waals surface area contributed by atoms with Gasteiger partial charge >= 0.3 is 0 Å². The highest BCUT2D eigenvalue weighted by atomic mass is 32.2. The highest BCUT2D eigenvalue weighted by Crippen LogP contribution is 2.18. The number of anilines is 2. The second-order valence-corrected chi connectivity index (χ2v) is 6.61. The Kier molecular flexibility index (Phi) is 4.26. The maximum atomic E-state index is 12.2. The molecule has 0 bridgehead atoms. The normalized spacial score (nSPS) is 15.5. The number of rotatable bonds is 4. The summed E-state index contributed by atoms with van der Waals surface area (Å²) in [5.41, 5.74) is 0.445. The van der Waals surface area contributed by atoms with Gasteiger partial charge in [0.25, 0.3) is 10.0 Å². The Bertz CT molecular complexity index is 711. The number of pyridine rings is 1. The standard InChI is InChI=1S/C15H17N3O3S/c19-22(20,14-4-2-1-3-5-14)17-13-6-7-15(16-12-13)18-8-10-21-11-9-18/h1-7,12,17H,8-11H2. The molecule has 2 heterocycles. The van der Waals surface area contributed by atoms with Gasteiger partial charge in [-0.15, -0.1) is 0 Å². The van der Waals surface area contributed by atoms with Crippen LogP contribution in [0.5, 0.6) is 0 Å². The molecule has 0 unspecified atom stereocenters. The average Bonchev–Trinajstić information content (AvgIpc) is 2.57. The second kappa shape index (κ2) is 6.33. The van der Waals surface area contributed by atoms with Crippen LogP contribution in [-0.2, 0) is 14.8 Å². The molecular formula is C15H17N3O3S. The molecule has 116 valence electrons. The Balaban J connectivity index is 1.73. The van der Waals surface area contributed by atoms with Gasteiger partial charge in [-0.05, 0) is 24.3 Å². The van der Waals surface area contributed by atoms with Crippen molar-refractivity contribution in [1.29, 1.82) is 0 Å². The van der Waals surface area contributed by atoms with Gasteiger partial charge in [-0.1, -0.05) is 18.2 Å². The first-order valence-corrected chi connectivity index (χ1v) is 8.50. The third kappa shape index (κ3) is 3.37. The van der Waals surface area contributed by atoms with Crippen molar-refractivity contribution in [3.8, 4) is 0 Å². The largest absolute Gasteiger partial charge is 0.378 e. The highest BCUT2D eigenvalue weighted by molar-refractivity contribution is 7.92. The van der Waals surface area contributed by atoms with Crippen LogP contribution in [0.2, 0.25) is 0 Å². The van der Waals surface area contributed by atoms with Crippen LogP contribution in [0.3, 0.4) is 0 Å². The number of hydrogen-bond acceptors (Lipinski definition) is 5. The van der Waals surface area contributed by atoms with E-state index in [9.17, 15) is 8.42 Å². The number of ether oxygens (including phenoxy) is 1. The van der Waals surface area contributed by atoms with Gasteiger partial charge in [0.05, 0.1) is 30.0 Å². The molecule has 1 fully saturated rings. The quantitative estimate of drug-likeness (QED) is 0.929. The first-order chi connectivity index (χ1) is 10.6. The Morgan fingerprint density at radius 1 is 1.05 bits per heavy atom. The first kappa shape index (κ1) is 14.8. The highest BCUT2D eigenvalue weighted by Gasteiger charge is 2.15. The van der Waals surface area contributed by atoms with Crippen molar-refractivity contribution in [2.45, 2.75) is 4.90 Å². The van der Waals surface area contributed by atoms with Gasteiger partial charge in [0.2, 0.25) is 0 Å². The van der Waals surface area contributed by atoms with E-state index >= 15 is 0 Å². The number of aromatic nitrogens is 1. The topological polar surface area (TPSA) is 71.5 Å². The Morgan fingerprint density at radius 3 is 2.41 bits per heavy atom. The molecule has 0 radical (unpaired) electrons. The molecule has 0 spiro atoms. The lowest BCUT2D eigenvalue weighted by atomic mass is 10.3. The third-order valence-electron chi connectivity index (χ3n) is 3.39.